The van der Waals surface area contributed by atoms with Crippen LogP contribution < -0.4 is 5.32 Å². The highest BCUT2D eigenvalue weighted by atomic mass is 19.4. The Kier molecular flexibility index (Phi) is 3.72. The molecule has 0 aliphatic heterocycles. The van der Waals surface area contributed by atoms with Gasteiger partial charge in [-0.15, -0.1) is 0 Å². The van der Waals surface area contributed by atoms with Gasteiger partial charge in [0.25, 0.3) is 0 Å². The molecule has 1 heterocycles. The zero-order chi connectivity index (χ0) is 16.6. The summed E-state index contributed by atoms with van der Waals surface area (Å²) in [4.78, 5) is 4.46. The first-order valence-electron chi connectivity index (χ1n) is 7.15. The minimum Gasteiger partial charge on any atom is -0.355 e. The van der Waals surface area contributed by atoms with Gasteiger partial charge in [-0.25, -0.2) is 0 Å². The van der Waals surface area contributed by atoms with Crippen LogP contribution in [0, 0.1) is 13.8 Å². The molecule has 0 amide bonds. The number of benzene rings is 2. The third-order valence-corrected chi connectivity index (χ3v) is 3.56. The number of alkyl halides is 3. The van der Waals surface area contributed by atoms with E-state index >= 15 is 0 Å². The maximum Gasteiger partial charge on any atom is 0.416 e. The summed E-state index contributed by atoms with van der Waals surface area (Å²) >= 11 is 0. The van der Waals surface area contributed by atoms with E-state index in [1.54, 1.807) is 6.07 Å². The Bertz CT molecular complexity index is 870. The fourth-order valence-corrected chi connectivity index (χ4v) is 2.50. The summed E-state index contributed by atoms with van der Waals surface area (Å²) in [5, 5.41) is 3.97. The van der Waals surface area contributed by atoms with Crippen molar-refractivity contribution in [3.63, 3.8) is 0 Å². The second-order valence-corrected chi connectivity index (χ2v) is 5.54. The molecule has 118 valence electrons. The number of aryl methyl sites for hydroxylation is 2. The fourth-order valence-electron chi connectivity index (χ4n) is 2.50. The molecular weight excluding hydrogens is 301 g/mol. The number of anilines is 2. The minimum atomic E-state index is -4.36. The van der Waals surface area contributed by atoms with Crippen molar-refractivity contribution in [1.29, 1.82) is 0 Å². The molecular formula is C18H15F3N2. The molecule has 0 atom stereocenters. The first-order valence-corrected chi connectivity index (χ1v) is 7.15. The molecule has 2 aromatic carbocycles. The number of aromatic nitrogens is 1. The van der Waals surface area contributed by atoms with Crippen LogP contribution in [0.1, 0.15) is 16.8 Å². The van der Waals surface area contributed by atoms with E-state index in [0.717, 1.165) is 40.0 Å². The van der Waals surface area contributed by atoms with Crippen LogP contribution in [0.25, 0.3) is 10.9 Å². The van der Waals surface area contributed by atoms with Gasteiger partial charge in [-0.2, -0.15) is 13.2 Å². The number of hydrogen-bond donors (Lipinski definition) is 1. The zero-order valence-electron chi connectivity index (χ0n) is 12.7. The highest BCUT2D eigenvalue weighted by Gasteiger charge is 2.30. The molecule has 2 nitrogen and oxygen atoms in total. The van der Waals surface area contributed by atoms with Crippen molar-refractivity contribution in [1.82, 2.24) is 4.98 Å². The van der Waals surface area contributed by atoms with Crippen LogP contribution in [0.5, 0.6) is 0 Å². The van der Waals surface area contributed by atoms with Crippen LogP contribution in [0.2, 0.25) is 0 Å². The predicted octanol–water partition coefficient (Wildman–Crippen LogP) is 5.61. The third kappa shape index (κ3) is 3.28. The molecule has 23 heavy (non-hydrogen) atoms. The summed E-state index contributed by atoms with van der Waals surface area (Å²) in [7, 11) is 0. The van der Waals surface area contributed by atoms with E-state index in [1.807, 2.05) is 38.1 Å². The molecule has 0 fully saturated rings. The lowest BCUT2D eigenvalue weighted by atomic mass is 10.1. The maximum atomic E-state index is 12.8. The number of nitrogens with one attached hydrogen (secondary N) is 1. The Morgan fingerprint density at radius 3 is 2.48 bits per heavy atom. The van der Waals surface area contributed by atoms with Gasteiger partial charge >= 0.3 is 6.18 Å². The van der Waals surface area contributed by atoms with Crippen LogP contribution in [-0.4, -0.2) is 4.98 Å². The van der Waals surface area contributed by atoms with E-state index in [-0.39, 0.29) is 0 Å². The molecule has 3 rings (SSSR count). The molecule has 0 unspecified atom stereocenters. The summed E-state index contributed by atoms with van der Waals surface area (Å²) in [6.07, 6.45) is -4.36. The van der Waals surface area contributed by atoms with Crippen molar-refractivity contribution >= 4 is 22.3 Å². The Morgan fingerprint density at radius 1 is 0.957 bits per heavy atom. The van der Waals surface area contributed by atoms with Gasteiger partial charge in [-0.3, -0.25) is 4.98 Å². The van der Waals surface area contributed by atoms with E-state index < -0.39 is 11.7 Å². The SMILES string of the molecule is Cc1ccc2nc(C)cc(Nc3cccc(C(F)(F)F)c3)c2c1. The molecule has 0 radical (unpaired) electrons. The Balaban J connectivity index is 2.06. The zero-order valence-corrected chi connectivity index (χ0v) is 12.7. The predicted molar refractivity (Wildman–Crippen MR) is 85.9 cm³/mol. The molecule has 5 heteroatoms. The van der Waals surface area contributed by atoms with Gasteiger partial charge in [0.15, 0.2) is 0 Å². The van der Waals surface area contributed by atoms with Gasteiger partial charge in [0.1, 0.15) is 0 Å². The maximum absolute atomic E-state index is 12.8. The first kappa shape index (κ1) is 15.3. The Labute approximate surface area is 132 Å². The molecule has 3 aromatic rings. The molecule has 1 aromatic heterocycles. The van der Waals surface area contributed by atoms with Gasteiger partial charge in [-0.1, -0.05) is 17.7 Å². The molecule has 1 N–H and O–H groups in total. The fraction of sp³-hybridized carbons (Fsp3) is 0.167. The largest absolute Gasteiger partial charge is 0.416 e. The number of pyridine rings is 1. The number of rotatable bonds is 2. The summed E-state index contributed by atoms with van der Waals surface area (Å²) in [5.74, 6) is 0. The van der Waals surface area contributed by atoms with Gasteiger partial charge in [-0.05, 0) is 50.2 Å². The molecule has 0 saturated heterocycles. The highest BCUT2D eigenvalue weighted by molar-refractivity contribution is 5.93. The van der Waals surface area contributed by atoms with E-state index in [0.29, 0.717) is 5.69 Å². The molecule has 0 aliphatic rings. The van der Waals surface area contributed by atoms with Crippen molar-refractivity contribution < 1.29 is 13.2 Å². The second kappa shape index (κ2) is 5.57. The lowest BCUT2D eigenvalue weighted by molar-refractivity contribution is -0.137. The number of halogens is 3. The molecule has 0 aliphatic carbocycles. The number of hydrogen-bond acceptors (Lipinski definition) is 2. The summed E-state index contributed by atoms with van der Waals surface area (Å²) in [5.41, 5.74) is 3.15. The topological polar surface area (TPSA) is 24.9 Å². The molecule has 0 spiro atoms. The van der Waals surface area contributed by atoms with E-state index in [4.69, 9.17) is 0 Å². The van der Waals surface area contributed by atoms with E-state index in [9.17, 15) is 13.2 Å². The number of nitrogens with zero attached hydrogens (tertiary/aromatic N) is 1. The van der Waals surface area contributed by atoms with Crippen molar-refractivity contribution in [2.45, 2.75) is 20.0 Å². The van der Waals surface area contributed by atoms with Gasteiger partial charge in [0, 0.05) is 22.5 Å². The second-order valence-electron chi connectivity index (χ2n) is 5.54. The van der Waals surface area contributed by atoms with Crippen LogP contribution in [0.15, 0.2) is 48.5 Å². The van der Waals surface area contributed by atoms with Crippen LogP contribution in [0.4, 0.5) is 24.5 Å². The standard InChI is InChI=1S/C18H15F3N2/c1-11-6-7-16-15(8-11)17(9-12(2)22-16)23-14-5-3-4-13(10-14)18(19,20)21/h3-10H,1-2H3,(H,22,23). The summed E-state index contributed by atoms with van der Waals surface area (Å²) in [6.45, 7) is 3.82. The van der Waals surface area contributed by atoms with Crippen LogP contribution in [0.3, 0.4) is 0 Å². The van der Waals surface area contributed by atoms with Crippen LogP contribution >= 0.6 is 0 Å². The lowest BCUT2D eigenvalue weighted by Crippen LogP contribution is -2.05. The van der Waals surface area contributed by atoms with Crippen molar-refractivity contribution in [2.75, 3.05) is 5.32 Å². The average Bonchev–Trinajstić information content (AvgIpc) is 2.47. The van der Waals surface area contributed by atoms with E-state index in [1.165, 1.54) is 6.07 Å². The van der Waals surface area contributed by atoms with Crippen molar-refractivity contribution in [3.05, 3.63) is 65.4 Å². The van der Waals surface area contributed by atoms with Crippen molar-refractivity contribution in [2.24, 2.45) is 0 Å². The highest BCUT2D eigenvalue weighted by Crippen LogP contribution is 2.32. The van der Waals surface area contributed by atoms with Gasteiger partial charge in [0.05, 0.1) is 11.1 Å². The van der Waals surface area contributed by atoms with Gasteiger partial charge < -0.3 is 5.32 Å². The Hall–Kier alpha value is -2.56. The molecule has 0 bridgehead atoms. The first-order chi connectivity index (χ1) is 10.8. The monoisotopic (exact) mass is 316 g/mol. The van der Waals surface area contributed by atoms with E-state index in [2.05, 4.69) is 10.3 Å². The normalized spacial score (nSPS) is 11.7. The summed E-state index contributed by atoms with van der Waals surface area (Å²) in [6, 6.07) is 12.9. The average molecular weight is 316 g/mol. The number of fused-ring (bicyclic) bond motifs is 1. The van der Waals surface area contributed by atoms with Crippen molar-refractivity contribution in [3.8, 4) is 0 Å². The quantitative estimate of drug-likeness (QED) is 0.664. The minimum absolute atomic E-state index is 0.397. The lowest BCUT2D eigenvalue weighted by Gasteiger charge is -2.13. The van der Waals surface area contributed by atoms with Gasteiger partial charge in [0.2, 0.25) is 0 Å². The summed E-state index contributed by atoms with van der Waals surface area (Å²) < 4.78 is 38.5. The Morgan fingerprint density at radius 2 is 1.74 bits per heavy atom. The molecule has 0 saturated carbocycles. The smallest absolute Gasteiger partial charge is 0.355 e. The third-order valence-electron chi connectivity index (χ3n) is 3.56. The van der Waals surface area contributed by atoms with Crippen LogP contribution in [-0.2, 0) is 6.18 Å².